The highest BCUT2D eigenvalue weighted by Crippen LogP contribution is 2.45. The maximum Gasteiger partial charge on any atom is 0.143 e. The molecule has 0 radical (unpaired) electrons. The van der Waals surface area contributed by atoms with Crippen LogP contribution in [0.15, 0.2) is 211 Å². The van der Waals surface area contributed by atoms with E-state index >= 15 is 0 Å². The first kappa shape index (κ1) is 31.2. The zero-order valence-corrected chi connectivity index (χ0v) is 29.9. The molecule has 0 atom stereocenters. The van der Waals surface area contributed by atoms with E-state index in [1.54, 1.807) is 0 Å². The van der Waals surface area contributed by atoms with Gasteiger partial charge >= 0.3 is 0 Å². The van der Waals surface area contributed by atoms with Gasteiger partial charge in [-0.25, -0.2) is 0 Å². The molecule has 3 heteroatoms. The predicted octanol–water partition coefficient (Wildman–Crippen LogP) is 14.6. The lowest BCUT2D eigenvalue weighted by atomic mass is 9.99. The first-order valence-electron chi connectivity index (χ1n) is 18.8. The van der Waals surface area contributed by atoms with Crippen molar-refractivity contribution >= 4 is 71.6 Å². The Bertz CT molecular complexity index is 3140. The molecule has 0 aliphatic rings. The maximum atomic E-state index is 6.54. The first-order chi connectivity index (χ1) is 27.3. The highest BCUT2D eigenvalue weighted by atomic mass is 16.3. The van der Waals surface area contributed by atoms with Gasteiger partial charge in [-0.3, -0.25) is 0 Å². The van der Waals surface area contributed by atoms with Crippen molar-refractivity contribution in [2.75, 3.05) is 4.90 Å². The minimum Gasteiger partial charge on any atom is -0.455 e. The van der Waals surface area contributed by atoms with Crippen molar-refractivity contribution in [3.05, 3.63) is 206 Å². The molecule has 0 spiro atoms. The van der Waals surface area contributed by atoms with Crippen molar-refractivity contribution in [3.63, 3.8) is 0 Å². The van der Waals surface area contributed by atoms with Gasteiger partial charge in [0.25, 0.3) is 0 Å². The summed E-state index contributed by atoms with van der Waals surface area (Å²) in [5.74, 6) is 0. The molecule has 0 aliphatic carbocycles. The van der Waals surface area contributed by atoms with Crippen LogP contribution in [0.3, 0.4) is 0 Å². The Morgan fingerprint density at radius 1 is 0.345 bits per heavy atom. The number of furan rings is 1. The Kier molecular flexibility index (Phi) is 7.17. The fourth-order valence-electron chi connectivity index (χ4n) is 8.40. The molecule has 0 fully saturated rings. The average molecular weight is 703 g/mol. The molecule has 3 nitrogen and oxygen atoms in total. The summed E-state index contributed by atoms with van der Waals surface area (Å²) in [5.41, 5.74) is 13.3. The predicted molar refractivity (Wildman–Crippen MR) is 231 cm³/mol. The molecule has 11 rings (SSSR count). The number of anilines is 3. The van der Waals surface area contributed by atoms with E-state index in [-0.39, 0.29) is 0 Å². The third-order valence-corrected chi connectivity index (χ3v) is 11.0. The number of para-hydroxylation sites is 3. The summed E-state index contributed by atoms with van der Waals surface area (Å²) < 4.78 is 8.93. The fourth-order valence-corrected chi connectivity index (χ4v) is 8.40. The summed E-state index contributed by atoms with van der Waals surface area (Å²) in [4.78, 5) is 2.41. The van der Waals surface area contributed by atoms with Crippen LogP contribution >= 0.6 is 0 Å². The van der Waals surface area contributed by atoms with Crippen LogP contribution < -0.4 is 4.90 Å². The molecule has 258 valence electrons. The third kappa shape index (κ3) is 5.13. The number of fused-ring (bicyclic) bond motifs is 8. The molecule has 2 heterocycles. The molecule has 11 aromatic rings. The molecule has 55 heavy (non-hydrogen) atoms. The van der Waals surface area contributed by atoms with Crippen molar-refractivity contribution in [2.45, 2.75) is 0 Å². The van der Waals surface area contributed by atoms with E-state index < -0.39 is 0 Å². The summed E-state index contributed by atoms with van der Waals surface area (Å²) in [6.45, 7) is 0. The number of benzene rings is 9. The molecule has 0 N–H and O–H groups in total. The Labute approximate surface area is 318 Å². The quantitative estimate of drug-likeness (QED) is 0.172. The van der Waals surface area contributed by atoms with Crippen molar-refractivity contribution < 1.29 is 4.42 Å². The van der Waals surface area contributed by atoms with E-state index in [0.29, 0.717) is 0 Å². The molecule has 0 saturated carbocycles. The molecule has 0 bridgehead atoms. The van der Waals surface area contributed by atoms with E-state index in [4.69, 9.17) is 4.42 Å². The standard InChI is InChI=1S/C52H34N2O/c1-2-13-35(14-3-1)36-25-27-37(28-26-36)38-29-31-39(32-30-38)53(50-34-47-45-20-8-11-24-51(45)55-52(47)46-21-5-4-19-44(46)50)40-15-12-16-41(33-40)54-48-22-9-6-17-42(48)43-18-7-10-23-49(43)54/h1-34H. The van der Waals surface area contributed by atoms with Gasteiger partial charge in [0.1, 0.15) is 11.2 Å². The van der Waals surface area contributed by atoms with Gasteiger partial charge in [0.15, 0.2) is 0 Å². The van der Waals surface area contributed by atoms with E-state index in [9.17, 15) is 0 Å². The first-order valence-corrected chi connectivity index (χ1v) is 18.8. The van der Waals surface area contributed by atoms with Crippen molar-refractivity contribution in [3.8, 4) is 27.9 Å². The summed E-state index contributed by atoms with van der Waals surface area (Å²) >= 11 is 0. The number of hydrogen-bond acceptors (Lipinski definition) is 2. The SMILES string of the molecule is c1ccc(-c2ccc(-c3ccc(N(c4cccc(-n5c6ccccc6c6ccccc65)c4)c4cc5c6ccccc6oc5c5ccccc45)cc3)cc2)cc1. The molecular weight excluding hydrogens is 669 g/mol. The van der Waals surface area contributed by atoms with Gasteiger partial charge in [0, 0.05) is 49.4 Å². The van der Waals surface area contributed by atoms with Gasteiger partial charge in [-0.1, -0.05) is 152 Å². The minimum atomic E-state index is 0.891. The number of nitrogens with zero attached hydrogens (tertiary/aromatic N) is 2. The van der Waals surface area contributed by atoms with Crippen LogP contribution in [0, 0.1) is 0 Å². The average Bonchev–Trinajstić information content (AvgIpc) is 3.81. The molecule has 2 aromatic heterocycles. The second kappa shape index (κ2) is 12.6. The van der Waals surface area contributed by atoms with Crippen molar-refractivity contribution in [1.82, 2.24) is 4.57 Å². The zero-order valence-electron chi connectivity index (χ0n) is 29.9. The van der Waals surface area contributed by atoms with Crippen LogP contribution in [0.25, 0.3) is 82.5 Å². The lowest BCUT2D eigenvalue weighted by molar-refractivity contribution is 0.672. The van der Waals surface area contributed by atoms with Crippen LogP contribution in [-0.4, -0.2) is 4.57 Å². The van der Waals surface area contributed by atoms with Crippen LogP contribution in [0.4, 0.5) is 17.1 Å². The Hall–Kier alpha value is -7.36. The van der Waals surface area contributed by atoms with Crippen LogP contribution in [0.5, 0.6) is 0 Å². The molecule has 0 saturated heterocycles. The molecule has 0 aliphatic heterocycles. The molecule has 9 aromatic carbocycles. The van der Waals surface area contributed by atoms with Crippen LogP contribution in [-0.2, 0) is 0 Å². The summed E-state index contributed by atoms with van der Waals surface area (Å²) in [5, 5.41) is 6.91. The van der Waals surface area contributed by atoms with Gasteiger partial charge < -0.3 is 13.9 Å². The normalized spacial score (nSPS) is 11.6. The summed E-state index contributed by atoms with van der Waals surface area (Å²) in [6.07, 6.45) is 0. The van der Waals surface area contributed by atoms with E-state index in [1.807, 2.05) is 6.07 Å². The van der Waals surface area contributed by atoms with Gasteiger partial charge in [-0.2, -0.15) is 0 Å². The van der Waals surface area contributed by atoms with E-state index in [1.165, 1.54) is 44.1 Å². The topological polar surface area (TPSA) is 21.3 Å². The smallest absolute Gasteiger partial charge is 0.143 e. The van der Waals surface area contributed by atoms with Gasteiger partial charge in [0.05, 0.1) is 16.7 Å². The van der Waals surface area contributed by atoms with Crippen LogP contribution in [0.1, 0.15) is 0 Å². The number of hydrogen-bond donors (Lipinski definition) is 0. The van der Waals surface area contributed by atoms with Gasteiger partial charge in [-0.15, -0.1) is 0 Å². The summed E-state index contributed by atoms with van der Waals surface area (Å²) in [7, 11) is 0. The van der Waals surface area contributed by atoms with Gasteiger partial charge in [0.2, 0.25) is 0 Å². The van der Waals surface area contributed by atoms with Crippen LogP contribution in [0.2, 0.25) is 0 Å². The largest absolute Gasteiger partial charge is 0.455 e. The summed E-state index contributed by atoms with van der Waals surface area (Å²) in [6, 6.07) is 74.0. The number of rotatable bonds is 6. The molecule has 0 amide bonds. The molecule has 0 unspecified atom stereocenters. The second-order valence-electron chi connectivity index (χ2n) is 14.1. The Morgan fingerprint density at radius 2 is 0.873 bits per heavy atom. The Balaban J connectivity index is 1.11. The second-order valence-corrected chi connectivity index (χ2v) is 14.1. The molecular formula is C52H34N2O. The third-order valence-electron chi connectivity index (χ3n) is 11.0. The lowest BCUT2D eigenvalue weighted by Crippen LogP contribution is -2.11. The fraction of sp³-hybridized carbons (Fsp3) is 0. The monoisotopic (exact) mass is 702 g/mol. The van der Waals surface area contributed by atoms with E-state index in [0.717, 1.165) is 55.5 Å². The highest BCUT2D eigenvalue weighted by Gasteiger charge is 2.21. The minimum absolute atomic E-state index is 0.891. The van der Waals surface area contributed by atoms with Gasteiger partial charge in [-0.05, 0) is 76.9 Å². The van der Waals surface area contributed by atoms with Crippen molar-refractivity contribution in [1.29, 1.82) is 0 Å². The number of aromatic nitrogens is 1. The lowest BCUT2D eigenvalue weighted by Gasteiger charge is -2.28. The maximum absolute atomic E-state index is 6.54. The van der Waals surface area contributed by atoms with E-state index in [2.05, 4.69) is 210 Å². The zero-order chi connectivity index (χ0) is 36.3. The Morgan fingerprint density at radius 3 is 1.55 bits per heavy atom. The highest BCUT2D eigenvalue weighted by molar-refractivity contribution is 6.19. The van der Waals surface area contributed by atoms with Crippen molar-refractivity contribution in [2.24, 2.45) is 0 Å².